The first kappa shape index (κ1) is 66.6. The SMILES string of the molecule is CC(C)C[C@H](NC(=O)[C@H](CCC(=O)O)NC(=O)[C@H](CCC(N)=O)NC(=O)[C@H](CC(C)C)NC(=O)[C@@H](N)C(C)C)C(=O)N[C@@H](CC(N)=O)C(=O)N[C@H](C(=O)N[C@@H](CCCCN)C(=O)N[C@H](C(=O)O)C(C)C)C(C)C. The van der Waals surface area contributed by atoms with E-state index in [4.69, 9.17) is 22.9 Å². The smallest absolute Gasteiger partial charge is 0.326 e. The van der Waals surface area contributed by atoms with Crippen LogP contribution >= 0.6 is 0 Å². The summed E-state index contributed by atoms with van der Waals surface area (Å²) in [5.74, 6) is -13.9. The lowest BCUT2D eigenvalue weighted by Gasteiger charge is -2.29. The third kappa shape index (κ3) is 26.2. The van der Waals surface area contributed by atoms with E-state index in [2.05, 4.69) is 42.5 Å². The Bertz CT molecular complexity index is 1910. The zero-order chi connectivity index (χ0) is 56.4. The van der Waals surface area contributed by atoms with Gasteiger partial charge in [0.2, 0.25) is 59.1 Å². The van der Waals surface area contributed by atoms with E-state index in [9.17, 15) is 67.7 Å². The quantitative estimate of drug-likeness (QED) is 0.0288. The second-order valence-electron chi connectivity index (χ2n) is 20.1. The average Bonchev–Trinajstić information content (AvgIpc) is 3.27. The number of hydrogen-bond donors (Lipinski definition) is 14. The Morgan fingerprint density at radius 2 is 0.781 bits per heavy atom. The number of amides is 10. The molecule has 0 rings (SSSR count). The number of rotatable bonds is 36. The molecule has 26 heteroatoms. The van der Waals surface area contributed by atoms with Crippen molar-refractivity contribution in [3.63, 3.8) is 0 Å². The zero-order valence-electron chi connectivity index (χ0n) is 44.0. The zero-order valence-corrected chi connectivity index (χ0v) is 44.0. The standard InChI is InChI=1S/C47H84N12O14/c1-22(2)19-30(43(68)56-32(21-34(50)61)44(69)58-37(25(7)8)46(71)54-27(13-11-12-18-48)41(66)59-38(26(9)10)47(72)73)55-40(65)29(15-17-35(62)63)52-39(64)28(14-16-33(49)60)53-42(67)31(20-23(3)4)57-45(70)36(51)24(5)6/h22-32,36-38H,11-21,48,51H2,1-10H3,(H2,49,60)(H2,50,61)(H,52,64)(H,53,67)(H,54,71)(H,55,65)(H,56,68)(H,57,70)(H,58,69)(H,59,66)(H,62,63)(H,72,73)/t27-,28-,29-,30-,31-,32-,36-,37-,38-/m0/s1. The lowest BCUT2D eigenvalue weighted by atomic mass is 9.99. The van der Waals surface area contributed by atoms with Gasteiger partial charge in [0, 0.05) is 12.8 Å². The minimum atomic E-state index is -1.75. The van der Waals surface area contributed by atoms with E-state index in [0.717, 1.165) is 0 Å². The molecule has 18 N–H and O–H groups in total. The minimum absolute atomic E-state index is 0.0585. The topological polar surface area (TPSA) is 446 Å². The third-order valence-corrected chi connectivity index (χ3v) is 11.4. The molecule has 0 aliphatic heterocycles. The molecule has 0 saturated carbocycles. The summed E-state index contributed by atoms with van der Waals surface area (Å²) in [6.45, 7) is 16.9. The van der Waals surface area contributed by atoms with Crippen molar-refractivity contribution < 1.29 is 67.7 Å². The van der Waals surface area contributed by atoms with Gasteiger partial charge in [-0.05, 0) is 81.1 Å². The molecular weight excluding hydrogens is 957 g/mol. The molecule has 0 bridgehead atoms. The summed E-state index contributed by atoms with van der Waals surface area (Å²) in [7, 11) is 0. The van der Waals surface area contributed by atoms with Crippen LogP contribution in [0.25, 0.3) is 0 Å². The molecule has 0 spiro atoms. The maximum absolute atomic E-state index is 14.0. The van der Waals surface area contributed by atoms with Crippen molar-refractivity contribution >= 4 is 71.0 Å². The number of aliphatic carboxylic acids is 2. The molecule has 0 aromatic carbocycles. The highest BCUT2D eigenvalue weighted by atomic mass is 16.4. The first-order valence-electron chi connectivity index (χ1n) is 24.7. The molecule has 0 unspecified atom stereocenters. The van der Waals surface area contributed by atoms with Crippen LogP contribution in [0.1, 0.15) is 133 Å². The molecule has 0 aliphatic carbocycles. The third-order valence-electron chi connectivity index (χ3n) is 11.4. The van der Waals surface area contributed by atoms with Crippen LogP contribution in [0, 0.1) is 29.6 Å². The van der Waals surface area contributed by atoms with Gasteiger partial charge >= 0.3 is 11.9 Å². The lowest BCUT2D eigenvalue weighted by Crippen LogP contribution is -2.61. The fourth-order valence-electron chi connectivity index (χ4n) is 7.15. The predicted molar refractivity (Wildman–Crippen MR) is 266 cm³/mol. The number of carbonyl (C=O) groups is 12. The molecule has 0 radical (unpaired) electrons. The molecule has 0 aromatic rings. The van der Waals surface area contributed by atoms with Crippen LogP contribution in [0.4, 0.5) is 0 Å². The minimum Gasteiger partial charge on any atom is -0.481 e. The first-order chi connectivity index (χ1) is 33.8. The van der Waals surface area contributed by atoms with Gasteiger partial charge in [0.05, 0.1) is 12.5 Å². The van der Waals surface area contributed by atoms with Gasteiger partial charge < -0.3 is 75.7 Å². The number of carboxylic acid groups (broad SMARTS) is 2. The summed E-state index contributed by atoms with van der Waals surface area (Å²) in [5, 5.41) is 39.0. The van der Waals surface area contributed by atoms with Crippen LogP contribution in [-0.2, 0) is 57.5 Å². The van der Waals surface area contributed by atoms with Gasteiger partial charge in [-0.3, -0.25) is 52.7 Å². The van der Waals surface area contributed by atoms with E-state index >= 15 is 0 Å². The monoisotopic (exact) mass is 1040 g/mol. The second kappa shape index (κ2) is 33.3. The second-order valence-corrected chi connectivity index (χ2v) is 20.1. The first-order valence-corrected chi connectivity index (χ1v) is 24.7. The van der Waals surface area contributed by atoms with Crippen molar-refractivity contribution in [2.24, 2.45) is 52.5 Å². The highest BCUT2D eigenvalue weighted by Gasteiger charge is 2.37. The maximum atomic E-state index is 14.0. The largest absolute Gasteiger partial charge is 0.481 e. The predicted octanol–water partition coefficient (Wildman–Crippen LogP) is -2.53. The van der Waals surface area contributed by atoms with Crippen LogP contribution in [0.15, 0.2) is 0 Å². The van der Waals surface area contributed by atoms with Crippen LogP contribution in [0.2, 0.25) is 0 Å². The average molecular weight is 1040 g/mol. The number of primary amides is 2. The molecule has 0 saturated heterocycles. The highest BCUT2D eigenvalue weighted by molar-refractivity contribution is 5.99. The molecular formula is C47H84N12O14. The summed E-state index contributed by atoms with van der Waals surface area (Å²) in [4.78, 5) is 157. The molecule has 0 aliphatic rings. The number of unbranched alkanes of at least 4 members (excludes halogenated alkanes) is 1. The van der Waals surface area contributed by atoms with Crippen molar-refractivity contribution in [1.29, 1.82) is 0 Å². The Hall–Kier alpha value is -6.44. The van der Waals surface area contributed by atoms with Gasteiger partial charge in [-0.25, -0.2) is 4.79 Å². The summed E-state index contributed by atoms with van der Waals surface area (Å²) >= 11 is 0. The number of carbonyl (C=O) groups excluding carboxylic acids is 10. The van der Waals surface area contributed by atoms with Gasteiger partial charge in [-0.2, -0.15) is 0 Å². The van der Waals surface area contributed by atoms with Gasteiger partial charge in [-0.1, -0.05) is 69.2 Å². The van der Waals surface area contributed by atoms with Gasteiger partial charge in [0.25, 0.3) is 0 Å². The fraction of sp³-hybridized carbons (Fsp3) is 0.745. The summed E-state index contributed by atoms with van der Waals surface area (Å²) in [6, 6.07) is -12.6. The number of carboxylic acids is 2. The van der Waals surface area contributed by atoms with E-state index < -0.39 is 163 Å². The fourth-order valence-corrected chi connectivity index (χ4v) is 7.15. The van der Waals surface area contributed by atoms with Gasteiger partial charge in [0.15, 0.2) is 0 Å². The van der Waals surface area contributed by atoms with Gasteiger partial charge in [0.1, 0.15) is 48.3 Å². The number of nitrogens with two attached hydrogens (primary N) is 4. The summed E-state index contributed by atoms with van der Waals surface area (Å²) in [5.41, 5.74) is 22.5. The Morgan fingerprint density at radius 3 is 1.18 bits per heavy atom. The van der Waals surface area contributed by atoms with Crippen molar-refractivity contribution in [2.75, 3.05) is 6.54 Å². The van der Waals surface area contributed by atoms with E-state index in [1.54, 1.807) is 69.2 Å². The Labute approximate surface area is 427 Å². The van der Waals surface area contributed by atoms with Crippen molar-refractivity contribution in [1.82, 2.24) is 42.5 Å². The van der Waals surface area contributed by atoms with Crippen molar-refractivity contribution in [2.45, 2.75) is 188 Å². The Kier molecular flexibility index (Phi) is 30.4. The van der Waals surface area contributed by atoms with E-state index in [0.29, 0.717) is 12.8 Å². The van der Waals surface area contributed by atoms with E-state index in [1.165, 1.54) is 0 Å². The van der Waals surface area contributed by atoms with Crippen LogP contribution in [0.5, 0.6) is 0 Å². The number of hydrogen-bond acceptors (Lipinski definition) is 14. The Balaban J connectivity index is 6.77. The molecule has 0 fully saturated rings. The molecule has 10 amide bonds. The number of nitrogens with one attached hydrogen (secondary N) is 8. The summed E-state index contributed by atoms with van der Waals surface area (Å²) < 4.78 is 0. The maximum Gasteiger partial charge on any atom is 0.326 e. The molecule has 26 nitrogen and oxygen atoms in total. The lowest BCUT2D eigenvalue weighted by molar-refractivity contribution is -0.143. The molecule has 0 heterocycles. The highest BCUT2D eigenvalue weighted by Crippen LogP contribution is 2.13. The van der Waals surface area contributed by atoms with Crippen molar-refractivity contribution in [3.05, 3.63) is 0 Å². The van der Waals surface area contributed by atoms with Crippen LogP contribution in [-0.4, -0.2) is 142 Å². The van der Waals surface area contributed by atoms with Crippen LogP contribution < -0.4 is 65.5 Å². The van der Waals surface area contributed by atoms with E-state index in [-0.39, 0.29) is 50.0 Å². The van der Waals surface area contributed by atoms with Crippen molar-refractivity contribution in [3.8, 4) is 0 Å². The van der Waals surface area contributed by atoms with Crippen LogP contribution in [0.3, 0.4) is 0 Å². The van der Waals surface area contributed by atoms with Gasteiger partial charge in [-0.15, -0.1) is 0 Å². The van der Waals surface area contributed by atoms with E-state index in [1.807, 2.05) is 0 Å². The molecule has 9 atom stereocenters. The molecule has 0 aromatic heterocycles. The summed E-state index contributed by atoms with van der Waals surface area (Å²) in [6.07, 6.45) is -1.95. The molecule has 73 heavy (non-hydrogen) atoms. The normalized spacial score (nSPS) is 15.1. The Morgan fingerprint density at radius 1 is 0.411 bits per heavy atom. The molecule has 416 valence electrons.